The molecule has 1 amide bonds. The fraction of sp³-hybridized carbons (Fsp3) is 0.765. The summed E-state index contributed by atoms with van der Waals surface area (Å²) < 4.78 is 0. The first kappa shape index (κ1) is 19.3. The maximum Gasteiger partial charge on any atom is 0.265 e. The van der Waals surface area contributed by atoms with E-state index in [0.717, 1.165) is 22.1 Å². The number of likely N-dealkylation sites (tertiary alicyclic amines) is 1. The van der Waals surface area contributed by atoms with Gasteiger partial charge < -0.3 is 20.0 Å². The van der Waals surface area contributed by atoms with E-state index in [-0.39, 0.29) is 31.0 Å². The van der Waals surface area contributed by atoms with Gasteiger partial charge in [0.05, 0.1) is 17.3 Å². The van der Waals surface area contributed by atoms with Crippen molar-refractivity contribution in [3.05, 3.63) is 15.6 Å². The molecule has 0 aromatic carbocycles. The number of aliphatic hydroxyl groups excluding tert-OH is 2. The maximum absolute atomic E-state index is 12.9. The number of nitrogens with zero attached hydrogens (tertiary/aromatic N) is 3. The van der Waals surface area contributed by atoms with Crippen LogP contribution in [-0.2, 0) is 0 Å². The highest BCUT2D eigenvalue weighted by Crippen LogP contribution is 2.30. The number of hydrogen-bond acceptors (Lipinski definition) is 6. The van der Waals surface area contributed by atoms with Crippen LogP contribution in [0.1, 0.15) is 40.1 Å². The highest BCUT2D eigenvalue weighted by molar-refractivity contribution is 7.13. The third-order valence-electron chi connectivity index (χ3n) is 4.63. The first-order valence-electron chi connectivity index (χ1n) is 8.54. The zero-order valence-electron chi connectivity index (χ0n) is 15.0. The Bertz CT molecular complexity index is 561. The molecule has 2 heterocycles. The van der Waals surface area contributed by atoms with Crippen molar-refractivity contribution in [2.75, 3.05) is 46.4 Å². The van der Waals surface area contributed by atoms with E-state index in [0.29, 0.717) is 25.6 Å². The Balaban J connectivity index is 2.08. The van der Waals surface area contributed by atoms with Crippen LogP contribution >= 0.6 is 11.3 Å². The molecule has 0 spiro atoms. The quantitative estimate of drug-likeness (QED) is 0.768. The summed E-state index contributed by atoms with van der Waals surface area (Å²) in [6, 6.07) is 0. The van der Waals surface area contributed by atoms with Crippen LogP contribution < -0.4 is 0 Å². The Kier molecular flexibility index (Phi) is 6.74. The fourth-order valence-corrected chi connectivity index (χ4v) is 4.22. The van der Waals surface area contributed by atoms with E-state index in [1.807, 2.05) is 18.9 Å². The van der Waals surface area contributed by atoms with E-state index < -0.39 is 0 Å². The second-order valence-corrected chi connectivity index (χ2v) is 8.05. The van der Waals surface area contributed by atoms with Crippen molar-refractivity contribution >= 4 is 17.2 Å². The summed E-state index contributed by atoms with van der Waals surface area (Å²) in [5, 5.41) is 19.7. The SMILES string of the molecule is Cc1nc(C(C)C)sc1C(=O)N1C[C@@H](CN(C)CCO)[C@@H](CO)C1. The molecule has 0 unspecified atom stereocenters. The molecule has 1 aromatic heterocycles. The van der Waals surface area contributed by atoms with Gasteiger partial charge in [0, 0.05) is 44.6 Å². The smallest absolute Gasteiger partial charge is 0.265 e. The topological polar surface area (TPSA) is 76.9 Å². The molecular formula is C17H29N3O3S. The molecule has 0 bridgehead atoms. The molecule has 0 radical (unpaired) electrons. The molecule has 2 N–H and O–H groups in total. The number of carbonyl (C=O) groups excluding carboxylic acids is 1. The van der Waals surface area contributed by atoms with Crippen LogP contribution in [0.2, 0.25) is 0 Å². The monoisotopic (exact) mass is 355 g/mol. The summed E-state index contributed by atoms with van der Waals surface area (Å²) in [7, 11) is 1.96. The summed E-state index contributed by atoms with van der Waals surface area (Å²) in [5.74, 6) is 0.669. The van der Waals surface area contributed by atoms with Gasteiger partial charge >= 0.3 is 0 Å². The molecule has 1 saturated heterocycles. The Hall–Kier alpha value is -1.02. The van der Waals surface area contributed by atoms with Gasteiger partial charge in [-0.2, -0.15) is 0 Å². The Morgan fingerprint density at radius 2 is 2.04 bits per heavy atom. The summed E-state index contributed by atoms with van der Waals surface area (Å²) in [6.07, 6.45) is 0. The largest absolute Gasteiger partial charge is 0.396 e. The number of hydrogen-bond donors (Lipinski definition) is 2. The van der Waals surface area contributed by atoms with E-state index >= 15 is 0 Å². The third-order valence-corrected chi connectivity index (χ3v) is 6.07. The summed E-state index contributed by atoms with van der Waals surface area (Å²) >= 11 is 1.49. The van der Waals surface area contributed by atoms with Crippen LogP contribution in [0, 0.1) is 18.8 Å². The fourth-order valence-electron chi connectivity index (χ4n) is 3.19. The molecule has 2 atom stereocenters. The second-order valence-electron chi connectivity index (χ2n) is 7.02. The van der Waals surface area contributed by atoms with Gasteiger partial charge in [-0.25, -0.2) is 4.98 Å². The van der Waals surface area contributed by atoms with Crippen molar-refractivity contribution in [1.82, 2.24) is 14.8 Å². The second kappa shape index (κ2) is 8.38. The minimum Gasteiger partial charge on any atom is -0.396 e. The van der Waals surface area contributed by atoms with Crippen LogP contribution in [0.25, 0.3) is 0 Å². The van der Waals surface area contributed by atoms with Gasteiger partial charge in [0.1, 0.15) is 4.88 Å². The van der Waals surface area contributed by atoms with Crippen LogP contribution in [0.3, 0.4) is 0 Å². The normalized spacial score (nSPS) is 21.2. The average Bonchev–Trinajstić information content (AvgIpc) is 3.10. The molecule has 0 aliphatic carbocycles. The van der Waals surface area contributed by atoms with Gasteiger partial charge in [-0.05, 0) is 19.9 Å². The predicted molar refractivity (Wildman–Crippen MR) is 95.5 cm³/mol. The lowest BCUT2D eigenvalue weighted by Gasteiger charge is -2.23. The van der Waals surface area contributed by atoms with Crippen molar-refractivity contribution < 1.29 is 15.0 Å². The molecule has 0 saturated carbocycles. The number of aliphatic hydroxyl groups is 2. The van der Waals surface area contributed by atoms with Crippen molar-refractivity contribution in [3.8, 4) is 0 Å². The molecule has 1 fully saturated rings. The van der Waals surface area contributed by atoms with Gasteiger partial charge in [0.25, 0.3) is 5.91 Å². The predicted octanol–water partition coefficient (Wildman–Crippen LogP) is 1.18. The van der Waals surface area contributed by atoms with Crippen molar-refractivity contribution in [2.24, 2.45) is 11.8 Å². The van der Waals surface area contributed by atoms with Crippen LogP contribution in [0.4, 0.5) is 0 Å². The molecule has 24 heavy (non-hydrogen) atoms. The summed E-state index contributed by atoms with van der Waals surface area (Å²) in [5.41, 5.74) is 0.801. The Morgan fingerprint density at radius 1 is 1.38 bits per heavy atom. The first-order valence-corrected chi connectivity index (χ1v) is 9.35. The average molecular weight is 356 g/mol. The number of rotatable bonds is 7. The van der Waals surface area contributed by atoms with Crippen molar-refractivity contribution in [1.29, 1.82) is 0 Å². The lowest BCUT2D eigenvalue weighted by molar-refractivity contribution is 0.0782. The lowest BCUT2D eigenvalue weighted by Crippen LogP contribution is -2.33. The molecule has 7 heteroatoms. The maximum atomic E-state index is 12.9. The van der Waals surface area contributed by atoms with E-state index in [4.69, 9.17) is 5.11 Å². The summed E-state index contributed by atoms with van der Waals surface area (Å²) in [4.78, 5) is 22.0. The van der Waals surface area contributed by atoms with Crippen LogP contribution in [0.5, 0.6) is 0 Å². The Labute approximate surface area is 148 Å². The standard InChI is InChI=1S/C17H29N3O3S/c1-11(2)16-18-12(3)15(24-16)17(23)20-8-13(14(9-20)10-22)7-19(4)5-6-21/h11,13-14,21-22H,5-10H2,1-4H3/t13-,14-/m1/s1. The molecule has 6 nitrogen and oxygen atoms in total. The first-order chi connectivity index (χ1) is 11.4. The van der Waals surface area contributed by atoms with Crippen molar-refractivity contribution in [2.45, 2.75) is 26.7 Å². The molecule has 1 aliphatic rings. The van der Waals surface area contributed by atoms with E-state index in [2.05, 4.69) is 23.7 Å². The summed E-state index contributed by atoms with van der Waals surface area (Å²) in [6.45, 7) is 8.86. The molecular weight excluding hydrogens is 326 g/mol. The minimum atomic E-state index is 0.0302. The molecule has 2 rings (SSSR count). The van der Waals surface area contributed by atoms with E-state index in [1.165, 1.54) is 11.3 Å². The number of amides is 1. The van der Waals surface area contributed by atoms with Gasteiger partial charge in [0.15, 0.2) is 0 Å². The van der Waals surface area contributed by atoms with Crippen LogP contribution in [-0.4, -0.2) is 77.3 Å². The highest BCUT2D eigenvalue weighted by atomic mass is 32.1. The number of aromatic nitrogens is 1. The zero-order chi connectivity index (χ0) is 17.9. The number of likely N-dealkylation sites (N-methyl/N-ethyl adjacent to an activating group) is 1. The Morgan fingerprint density at radius 3 is 2.58 bits per heavy atom. The van der Waals surface area contributed by atoms with Gasteiger partial charge in [-0.1, -0.05) is 13.8 Å². The lowest BCUT2D eigenvalue weighted by atomic mass is 9.96. The van der Waals surface area contributed by atoms with Gasteiger partial charge in [-0.15, -0.1) is 11.3 Å². The van der Waals surface area contributed by atoms with Gasteiger partial charge in [-0.3, -0.25) is 4.79 Å². The molecule has 1 aromatic rings. The number of aryl methyl sites for hydroxylation is 1. The minimum absolute atomic E-state index is 0.0302. The molecule has 136 valence electrons. The van der Waals surface area contributed by atoms with Gasteiger partial charge in [0.2, 0.25) is 0 Å². The zero-order valence-corrected chi connectivity index (χ0v) is 15.8. The van der Waals surface area contributed by atoms with Crippen LogP contribution in [0.15, 0.2) is 0 Å². The number of thiazole rings is 1. The van der Waals surface area contributed by atoms with E-state index in [9.17, 15) is 9.90 Å². The van der Waals surface area contributed by atoms with E-state index in [1.54, 1.807) is 0 Å². The number of carbonyl (C=O) groups is 1. The highest BCUT2D eigenvalue weighted by Gasteiger charge is 2.36. The third kappa shape index (κ3) is 4.33. The van der Waals surface area contributed by atoms with Crippen molar-refractivity contribution in [3.63, 3.8) is 0 Å². The molecule has 1 aliphatic heterocycles.